The fraction of sp³-hybridized carbons (Fsp3) is 0.353. The number of hydrogen-bond acceptors (Lipinski definition) is 6. The van der Waals surface area contributed by atoms with Crippen molar-refractivity contribution in [2.75, 3.05) is 20.3 Å². The Labute approximate surface area is 156 Å². The van der Waals surface area contributed by atoms with Gasteiger partial charge in [0.05, 0.1) is 12.0 Å². The monoisotopic (exact) mass is 380 g/mol. The van der Waals surface area contributed by atoms with Crippen molar-refractivity contribution < 1.29 is 19.1 Å². The summed E-state index contributed by atoms with van der Waals surface area (Å²) in [5.74, 6) is 0.226. The number of methoxy groups -OCH3 is 1. The summed E-state index contributed by atoms with van der Waals surface area (Å²) in [6.07, 6.45) is 3.69. The molecule has 0 radical (unpaired) electrons. The Kier molecular flexibility index (Phi) is 6.83. The predicted molar refractivity (Wildman–Crippen MR) is 102 cm³/mol. The van der Waals surface area contributed by atoms with Gasteiger partial charge in [0, 0.05) is 6.54 Å². The molecule has 0 aromatic heterocycles. The average Bonchev–Trinajstić information content (AvgIpc) is 2.85. The molecule has 2 rings (SSSR count). The Balaban J connectivity index is 2.19. The number of ether oxygens (including phenoxy) is 2. The minimum atomic E-state index is -0.568. The summed E-state index contributed by atoms with van der Waals surface area (Å²) < 4.78 is 11.1. The highest BCUT2D eigenvalue weighted by atomic mass is 32.2. The molecule has 0 atom stereocenters. The summed E-state index contributed by atoms with van der Waals surface area (Å²) >= 11 is 6.59. The number of nitrogens with zero attached hydrogens (tertiary/aromatic N) is 1. The zero-order valence-electron chi connectivity index (χ0n) is 14.1. The van der Waals surface area contributed by atoms with E-state index in [4.69, 9.17) is 27.4 Å². The van der Waals surface area contributed by atoms with E-state index in [1.165, 1.54) is 18.9 Å². The van der Waals surface area contributed by atoms with Crippen molar-refractivity contribution in [3.05, 3.63) is 28.7 Å². The number of thioether (sulfide) groups is 1. The lowest BCUT2D eigenvalue weighted by molar-refractivity contribution is -0.122. The molecule has 0 bridgehead atoms. The van der Waals surface area contributed by atoms with Gasteiger partial charge in [-0.2, -0.15) is 0 Å². The van der Waals surface area contributed by atoms with Crippen molar-refractivity contribution in [2.24, 2.45) is 5.73 Å². The number of benzene rings is 1. The quantitative estimate of drug-likeness (QED) is 0.551. The van der Waals surface area contributed by atoms with Crippen molar-refractivity contribution >= 4 is 46.2 Å². The van der Waals surface area contributed by atoms with E-state index < -0.39 is 5.91 Å². The van der Waals surface area contributed by atoms with Crippen molar-refractivity contribution in [3.8, 4) is 11.5 Å². The van der Waals surface area contributed by atoms with Gasteiger partial charge in [-0.3, -0.25) is 14.5 Å². The molecule has 2 amide bonds. The third-order valence-corrected chi connectivity index (χ3v) is 4.84. The van der Waals surface area contributed by atoms with Crippen LogP contribution in [-0.4, -0.2) is 41.3 Å². The van der Waals surface area contributed by atoms with E-state index in [2.05, 4.69) is 6.92 Å². The SMILES string of the molecule is CCCCN1C(=O)/C(=C\c2ccc(OCC(N)=O)c(OC)c2)SC1=S. The largest absolute Gasteiger partial charge is 0.493 e. The van der Waals surface area contributed by atoms with E-state index in [0.717, 1.165) is 18.4 Å². The van der Waals surface area contributed by atoms with Crippen LogP contribution >= 0.6 is 24.0 Å². The molecular weight excluding hydrogens is 360 g/mol. The van der Waals surface area contributed by atoms with Gasteiger partial charge in [0.1, 0.15) is 4.32 Å². The minimum absolute atomic E-state index is 0.0727. The molecule has 6 nitrogen and oxygen atoms in total. The van der Waals surface area contributed by atoms with Crippen molar-refractivity contribution in [2.45, 2.75) is 19.8 Å². The fourth-order valence-corrected chi connectivity index (χ4v) is 3.51. The van der Waals surface area contributed by atoms with Gasteiger partial charge >= 0.3 is 0 Å². The molecule has 1 aromatic rings. The van der Waals surface area contributed by atoms with Crippen molar-refractivity contribution in [1.82, 2.24) is 4.90 Å². The maximum Gasteiger partial charge on any atom is 0.266 e. The van der Waals surface area contributed by atoms with Gasteiger partial charge in [0.15, 0.2) is 18.1 Å². The smallest absolute Gasteiger partial charge is 0.266 e. The van der Waals surface area contributed by atoms with Crippen LogP contribution in [0.15, 0.2) is 23.1 Å². The Bertz CT molecular complexity index is 719. The van der Waals surface area contributed by atoms with Crippen LogP contribution in [0.4, 0.5) is 0 Å². The lowest BCUT2D eigenvalue weighted by atomic mass is 10.2. The first kappa shape index (κ1) is 19.3. The molecule has 25 heavy (non-hydrogen) atoms. The first-order valence-corrected chi connectivity index (χ1v) is 9.03. The molecule has 0 saturated carbocycles. The molecule has 1 heterocycles. The maximum absolute atomic E-state index is 12.5. The molecule has 134 valence electrons. The molecule has 8 heteroatoms. The molecule has 1 aromatic carbocycles. The fourth-order valence-electron chi connectivity index (χ4n) is 2.20. The number of amides is 2. The third-order valence-electron chi connectivity index (χ3n) is 3.46. The number of rotatable bonds is 8. The highest BCUT2D eigenvalue weighted by molar-refractivity contribution is 8.26. The van der Waals surface area contributed by atoms with Crippen LogP contribution in [0.3, 0.4) is 0 Å². The summed E-state index contributed by atoms with van der Waals surface area (Å²) in [6, 6.07) is 5.18. The zero-order valence-corrected chi connectivity index (χ0v) is 15.7. The van der Waals surface area contributed by atoms with Crippen LogP contribution in [0.5, 0.6) is 11.5 Å². The lowest BCUT2D eigenvalue weighted by Gasteiger charge is -2.13. The molecule has 1 fully saturated rings. The maximum atomic E-state index is 12.5. The Morgan fingerprint density at radius 1 is 1.40 bits per heavy atom. The summed E-state index contributed by atoms with van der Waals surface area (Å²) in [4.78, 5) is 25.5. The third kappa shape index (κ3) is 4.96. The van der Waals surface area contributed by atoms with Gasteiger partial charge in [0.25, 0.3) is 11.8 Å². The minimum Gasteiger partial charge on any atom is -0.493 e. The zero-order chi connectivity index (χ0) is 18.4. The molecule has 2 N–H and O–H groups in total. The van der Waals surface area contributed by atoms with E-state index in [-0.39, 0.29) is 12.5 Å². The van der Waals surface area contributed by atoms with Crippen LogP contribution in [0.2, 0.25) is 0 Å². The molecular formula is C17H20N2O4S2. The standard InChI is InChI=1S/C17H20N2O4S2/c1-3-4-7-19-16(21)14(25-17(19)24)9-11-5-6-12(13(8-11)22-2)23-10-15(18)20/h5-6,8-9H,3-4,7,10H2,1-2H3,(H2,18,20)/b14-9+. The van der Waals surface area contributed by atoms with Crippen LogP contribution in [0.1, 0.15) is 25.3 Å². The Morgan fingerprint density at radius 2 is 2.16 bits per heavy atom. The van der Waals surface area contributed by atoms with Gasteiger partial charge in [0.2, 0.25) is 0 Å². The van der Waals surface area contributed by atoms with E-state index in [9.17, 15) is 9.59 Å². The first-order valence-electron chi connectivity index (χ1n) is 7.80. The summed E-state index contributed by atoms with van der Waals surface area (Å²) in [5.41, 5.74) is 5.85. The first-order chi connectivity index (χ1) is 12.0. The lowest BCUT2D eigenvalue weighted by Crippen LogP contribution is -2.28. The highest BCUT2D eigenvalue weighted by Crippen LogP contribution is 2.34. The Morgan fingerprint density at radius 3 is 2.80 bits per heavy atom. The number of primary amides is 1. The van der Waals surface area contributed by atoms with Crippen LogP contribution in [0.25, 0.3) is 6.08 Å². The number of thiocarbonyl (C=S) groups is 1. The van der Waals surface area contributed by atoms with Crippen LogP contribution in [0, 0.1) is 0 Å². The van der Waals surface area contributed by atoms with E-state index >= 15 is 0 Å². The van der Waals surface area contributed by atoms with E-state index in [1.54, 1.807) is 29.2 Å². The predicted octanol–water partition coefficient (Wildman–Crippen LogP) is 2.56. The van der Waals surface area contributed by atoms with E-state index in [0.29, 0.717) is 27.3 Å². The highest BCUT2D eigenvalue weighted by Gasteiger charge is 2.31. The second-order valence-electron chi connectivity index (χ2n) is 5.35. The topological polar surface area (TPSA) is 81.9 Å². The van der Waals surface area contributed by atoms with Crippen LogP contribution in [-0.2, 0) is 9.59 Å². The second kappa shape index (κ2) is 8.87. The van der Waals surface area contributed by atoms with Crippen LogP contribution < -0.4 is 15.2 Å². The number of carbonyl (C=O) groups excluding carboxylic acids is 2. The molecule has 0 unspecified atom stereocenters. The van der Waals surface area contributed by atoms with E-state index in [1.807, 2.05) is 0 Å². The second-order valence-corrected chi connectivity index (χ2v) is 7.03. The number of hydrogen-bond donors (Lipinski definition) is 1. The molecule has 1 aliphatic rings. The number of carbonyl (C=O) groups is 2. The summed E-state index contributed by atoms with van der Waals surface area (Å²) in [7, 11) is 1.50. The molecule has 1 aliphatic heterocycles. The Hall–Kier alpha value is -2.06. The molecule has 0 aliphatic carbocycles. The van der Waals surface area contributed by atoms with Gasteiger partial charge < -0.3 is 15.2 Å². The number of nitrogens with two attached hydrogens (primary N) is 1. The summed E-state index contributed by atoms with van der Waals surface area (Å²) in [5, 5.41) is 0. The van der Waals surface area contributed by atoms with Gasteiger partial charge in [-0.15, -0.1) is 0 Å². The molecule has 1 saturated heterocycles. The van der Waals surface area contributed by atoms with Crippen molar-refractivity contribution in [1.29, 1.82) is 0 Å². The molecule has 0 spiro atoms. The average molecular weight is 380 g/mol. The normalized spacial score (nSPS) is 15.8. The number of unbranched alkanes of at least 4 members (excludes halogenated alkanes) is 1. The van der Waals surface area contributed by atoms with Gasteiger partial charge in [-0.25, -0.2) is 0 Å². The van der Waals surface area contributed by atoms with Gasteiger partial charge in [-0.05, 0) is 30.2 Å². The summed E-state index contributed by atoms with van der Waals surface area (Å²) in [6.45, 7) is 2.48. The van der Waals surface area contributed by atoms with Crippen molar-refractivity contribution in [3.63, 3.8) is 0 Å². The van der Waals surface area contributed by atoms with Gasteiger partial charge in [-0.1, -0.05) is 43.4 Å².